The Morgan fingerprint density at radius 1 is 0.238 bits per heavy atom. The van der Waals surface area contributed by atoms with Crippen molar-refractivity contribution in [1.82, 2.24) is 0 Å². The Labute approximate surface area is 246 Å². The summed E-state index contributed by atoms with van der Waals surface area (Å²) in [5, 5.41) is 7.63. The van der Waals surface area contributed by atoms with E-state index >= 15 is 0 Å². The summed E-state index contributed by atoms with van der Waals surface area (Å²) >= 11 is 0. The molecule has 0 aliphatic rings. The molecule has 8 aromatic rings. The first-order valence-electron chi connectivity index (χ1n) is 14.5. The van der Waals surface area contributed by atoms with Crippen molar-refractivity contribution < 1.29 is 0 Å². The lowest BCUT2D eigenvalue weighted by Gasteiger charge is -2.18. The fourth-order valence-electron chi connectivity index (χ4n) is 6.53. The van der Waals surface area contributed by atoms with Crippen molar-refractivity contribution in [3.8, 4) is 44.5 Å². The Bertz CT molecular complexity index is 2160. The van der Waals surface area contributed by atoms with Gasteiger partial charge in [-0.2, -0.15) is 0 Å². The number of hydrogen-bond donors (Lipinski definition) is 0. The van der Waals surface area contributed by atoms with E-state index < -0.39 is 0 Å². The zero-order valence-corrected chi connectivity index (χ0v) is 23.2. The van der Waals surface area contributed by atoms with Crippen molar-refractivity contribution in [3.05, 3.63) is 170 Å². The van der Waals surface area contributed by atoms with Crippen LogP contribution in [0.25, 0.3) is 76.8 Å². The van der Waals surface area contributed by atoms with E-state index in [1.54, 1.807) is 0 Å². The van der Waals surface area contributed by atoms with Crippen LogP contribution in [0.2, 0.25) is 0 Å². The maximum absolute atomic E-state index is 2.37. The third-order valence-corrected chi connectivity index (χ3v) is 8.46. The number of fused-ring (bicyclic) bond motifs is 3. The molecule has 8 aromatic carbocycles. The quantitative estimate of drug-likeness (QED) is 0.198. The molecule has 8 rings (SSSR count). The molecule has 42 heavy (non-hydrogen) atoms. The predicted octanol–water partition coefficient (Wildman–Crippen LogP) is 11.8. The second-order valence-corrected chi connectivity index (χ2v) is 10.9. The van der Waals surface area contributed by atoms with Crippen molar-refractivity contribution in [2.45, 2.75) is 0 Å². The summed E-state index contributed by atoms with van der Waals surface area (Å²) in [6.45, 7) is 0. The Morgan fingerprint density at radius 2 is 0.667 bits per heavy atom. The Kier molecular flexibility index (Phi) is 5.90. The molecule has 196 valence electrons. The number of hydrogen-bond acceptors (Lipinski definition) is 0. The highest BCUT2D eigenvalue weighted by molar-refractivity contribution is 6.21. The van der Waals surface area contributed by atoms with Crippen LogP contribution in [-0.4, -0.2) is 0 Å². The monoisotopic (exact) mass is 532 g/mol. The van der Waals surface area contributed by atoms with Crippen molar-refractivity contribution in [3.63, 3.8) is 0 Å². The van der Waals surface area contributed by atoms with Crippen molar-refractivity contribution in [2.75, 3.05) is 0 Å². The first kappa shape index (κ1) is 24.3. The van der Waals surface area contributed by atoms with E-state index in [1.165, 1.54) is 76.8 Å². The molecule has 0 N–H and O–H groups in total. The molecule has 0 saturated heterocycles. The van der Waals surface area contributed by atoms with Gasteiger partial charge < -0.3 is 0 Å². The van der Waals surface area contributed by atoms with Gasteiger partial charge in [-0.3, -0.25) is 0 Å². The third-order valence-electron chi connectivity index (χ3n) is 8.46. The number of rotatable bonds is 4. The van der Waals surface area contributed by atoms with Crippen LogP contribution in [0.15, 0.2) is 170 Å². The highest BCUT2D eigenvalue weighted by atomic mass is 14.2. The minimum absolute atomic E-state index is 1.23. The van der Waals surface area contributed by atoms with Crippen LogP contribution in [0, 0.1) is 0 Å². The van der Waals surface area contributed by atoms with Crippen molar-refractivity contribution >= 4 is 32.3 Å². The minimum atomic E-state index is 1.23. The van der Waals surface area contributed by atoms with E-state index in [4.69, 9.17) is 0 Å². The lowest BCUT2D eigenvalue weighted by molar-refractivity contribution is 1.61. The van der Waals surface area contributed by atoms with E-state index in [1.807, 2.05) is 0 Å². The lowest BCUT2D eigenvalue weighted by Crippen LogP contribution is -1.91. The molecule has 0 saturated carbocycles. The van der Waals surface area contributed by atoms with Gasteiger partial charge in [0, 0.05) is 0 Å². The summed E-state index contributed by atoms with van der Waals surface area (Å²) in [7, 11) is 0. The molecule has 0 nitrogen and oxygen atoms in total. The fourth-order valence-corrected chi connectivity index (χ4v) is 6.53. The molecule has 0 radical (unpaired) electrons. The maximum atomic E-state index is 2.37. The summed E-state index contributed by atoms with van der Waals surface area (Å²) in [5.41, 5.74) is 10.0. The van der Waals surface area contributed by atoms with E-state index in [-0.39, 0.29) is 0 Å². The molecule has 0 aliphatic heterocycles. The maximum Gasteiger partial charge on any atom is -0.00262 e. The third kappa shape index (κ3) is 4.08. The molecular formula is C42H28. The summed E-state index contributed by atoms with van der Waals surface area (Å²) in [6.07, 6.45) is 0. The standard InChI is InChI=1S/C42H28/c1-2-12-29(13-3-1)30-24-26-32(27-25-30)41-37-19-6-8-21-39(37)42(40-22-9-7-20-38(40)41)34-17-10-16-33(28-34)36-23-11-15-31-14-4-5-18-35(31)36/h1-28H. The zero-order chi connectivity index (χ0) is 27.9. The first-order valence-corrected chi connectivity index (χ1v) is 14.5. The number of benzene rings is 8. The van der Waals surface area contributed by atoms with E-state index in [9.17, 15) is 0 Å². The fraction of sp³-hybridized carbons (Fsp3) is 0. The van der Waals surface area contributed by atoms with Crippen molar-refractivity contribution in [2.24, 2.45) is 0 Å². The molecule has 0 aromatic heterocycles. The average molecular weight is 533 g/mol. The molecule has 0 aliphatic carbocycles. The molecule has 0 heteroatoms. The smallest absolute Gasteiger partial charge is 0.00262 e. The minimum Gasteiger partial charge on any atom is -0.0622 e. The van der Waals surface area contributed by atoms with Crippen LogP contribution in [-0.2, 0) is 0 Å². The van der Waals surface area contributed by atoms with Crippen molar-refractivity contribution in [1.29, 1.82) is 0 Å². The van der Waals surface area contributed by atoms with E-state index in [0.29, 0.717) is 0 Å². The second-order valence-electron chi connectivity index (χ2n) is 10.9. The van der Waals surface area contributed by atoms with Gasteiger partial charge in [0.1, 0.15) is 0 Å². The highest BCUT2D eigenvalue weighted by Crippen LogP contribution is 2.44. The van der Waals surface area contributed by atoms with Gasteiger partial charge in [-0.15, -0.1) is 0 Å². The largest absolute Gasteiger partial charge is 0.0622 e. The van der Waals surface area contributed by atoms with Gasteiger partial charge in [0.2, 0.25) is 0 Å². The molecule has 0 bridgehead atoms. The van der Waals surface area contributed by atoms with Crippen LogP contribution in [0.1, 0.15) is 0 Å². The Hall–Kier alpha value is -5.46. The van der Waals surface area contributed by atoms with E-state index in [0.717, 1.165) is 0 Å². The first-order chi connectivity index (χ1) is 20.8. The van der Waals surface area contributed by atoms with E-state index in [2.05, 4.69) is 170 Å². The summed E-state index contributed by atoms with van der Waals surface area (Å²) in [4.78, 5) is 0. The van der Waals surface area contributed by atoms with Gasteiger partial charge in [-0.25, -0.2) is 0 Å². The molecule has 0 unspecified atom stereocenters. The van der Waals surface area contributed by atoms with Gasteiger partial charge in [-0.1, -0.05) is 164 Å². The molecule has 0 heterocycles. The SMILES string of the molecule is c1ccc(-c2ccc(-c3c4ccccc4c(-c4cccc(-c5cccc6ccccc56)c4)c4ccccc34)cc2)cc1. The molecular weight excluding hydrogens is 504 g/mol. The lowest BCUT2D eigenvalue weighted by atomic mass is 9.85. The molecule has 0 fully saturated rings. The van der Waals surface area contributed by atoms with Gasteiger partial charge in [0.05, 0.1) is 0 Å². The normalized spacial score (nSPS) is 11.3. The second kappa shape index (κ2) is 10.2. The molecule has 0 spiro atoms. The van der Waals surface area contributed by atoms with Crippen LogP contribution in [0.3, 0.4) is 0 Å². The molecule has 0 atom stereocenters. The van der Waals surface area contributed by atoms with Crippen LogP contribution >= 0.6 is 0 Å². The highest BCUT2D eigenvalue weighted by Gasteiger charge is 2.17. The van der Waals surface area contributed by atoms with Crippen LogP contribution < -0.4 is 0 Å². The summed E-state index contributed by atoms with van der Waals surface area (Å²) in [5.74, 6) is 0. The Morgan fingerprint density at radius 3 is 1.33 bits per heavy atom. The van der Waals surface area contributed by atoms with Gasteiger partial charge in [-0.05, 0) is 82.9 Å². The predicted molar refractivity (Wildman–Crippen MR) is 181 cm³/mol. The topological polar surface area (TPSA) is 0 Å². The van der Waals surface area contributed by atoms with Gasteiger partial charge >= 0.3 is 0 Å². The summed E-state index contributed by atoms with van der Waals surface area (Å²) < 4.78 is 0. The van der Waals surface area contributed by atoms with Gasteiger partial charge in [0.15, 0.2) is 0 Å². The zero-order valence-electron chi connectivity index (χ0n) is 23.2. The van der Waals surface area contributed by atoms with Crippen LogP contribution in [0.5, 0.6) is 0 Å². The Balaban J connectivity index is 1.35. The average Bonchev–Trinajstić information content (AvgIpc) is 3.07. The molecule has 0 amide bonds. The van der Waals surface area contributed by atoms with Gasteiger partial charge in [0.25, 0.3) is 0 Å². The summed E-state index contributed by atoms with van der Waals surface area (Å²) in [6, 6.07) is 61.7. The van der Waals surface area contributed by atoms with Crippen LogP contribution in [0.4, 0.5) is 0 Å².